The molecule has 116 valence electrons. The molecular formula is C14H20ClN3O3. The van der Waals surface area contributed by atoms with Gasteiger partial charge in [-0.05, 0) is 18.2 Å². The van der Waals surface area contributed by atoms with Gasteiger partial charge in [-0.1, -0.05) is 17.7 Å². The Kier molecular flexibility index (Phi) is 8.42. The molecule has 0 heterocycles. The summed E-state index contributed by atoms with van der Waals surface area (Å²) in [7, 11) is 1.58. The van der Waals surface area contributed by atoms with Crippen LogP contribution in [0.4, 0.5) is 5.69 Å². The number of carbonyl (C=O) groups excluding carboxylic acids is 2. The maximum atomic E-state index is 11.6. The Morgan fingerprint density at radius 2 is 2.05 bits per heavy atom. The van der Waals surface area contributed by atoms with Crippen LogP contribution in [0.3, 0.4) is 0 Å². The summed E-state index contributed by atoms with van der Waals surface area (Å²) in [5, 5.41) is 8.88. The van der Waals surface area contributed by atoms with Gasteiger partial charge in [-0.2, -0.15) is 0 Å². The first-order valence-electron chi connectivity index (χ1n) is 6.63. The van der Waals surface area contributed by atoms with Gasteiger partial charge in [0.25, 0.3) is 0 Å². The largest absolute Gasteiger partial charge is 0.383 e. The van der Waals surface area contributed by atoms with Crippen molar-refractivity contribution in [3.05, 3.63) is 29.3 Å². The maximum Gasteiger partial charge on any atom is 0.238 e. The summed E-state index contributed by atoms with van der Waals surface area (Å²) in [4.78, 5) is 23.0. The van der Waals surface area contributed by atoms with E-state index in [2.05, 4.69) is 16.0 Å². The molecule has 1 rings (SSSR count). The first kappa shape index (κ1) is 17.4. The molecule has 0 fully saturated rings. The first-order valence-corrected chi connectivity index (χ1v) is 7.01. The number of rotatable bonds is 9. The zero-order valence-electron chi connectivity index (χ0n) is 11.9. The van der Waals surface area contributed by atoms with Crippen molar-refractivity contribution in [2.45, 2.75) is 6.42 Å². The van der Waals surface area contributed by atoms with E-state index in [9.17, 15) is 9.59 Å². The molecule has 1 aromatic carbocycles. The van der Waals surface area contributed by atoms with E-state index < -0.39 is 0 Å². The van der Waals surface area contributed by atoms with E-state index in [0.29, 0.717) is 36.8 Å². The van der Waals surface area contributed by atoms with E-state index in [4.69, 9.17) is 16.3 Å². The average molecular weight is 314 g/mol. The number of nitrogens with one attached hydrogen (secondary N) is 3. The highest BCUT2D eigenvalue weighted by Gasteiger charge is 2.04. The summed E-state index contributed by atoms with van der Waals surface area (Å²) >= 11 is 5.82. The van der Waals surface area contributed by atoms with Crippen molar-refractivity contribution in [3.63, 3.8) is 0 Å². The topological polar surface area (TPSA) is 79.5 Å². The predicted molar refractivity (Wildman–Crippen MR) is 82.5 cm³/mol. The molecule has 6 nitrogen and oxygen atoms in total. The van der Waals surface area contributed by atoms with E-state index in [1.54, 1.807) is 31.4 Å². The molecule has 0 atom stereocenters. The fraction of sp³-hybridized carbons (Fsp3) is 0.429. The van der Waals surface area contributed by atoms with Gasteiger partial charge in [0.15, 0.2) is 0 Å². The van der Waals surface area contributed by atoms with Crippen molar-refractivity contribution in [3.8, 4) is 0 Å². The predicted octanol–water partition coefficient (Wildman–Crippen LogP) is 1.02. The first-order chi connectivity index (χ1) is 10.1. The van der Waals surface area contributed by atoms with E-state index >= 15 is 0 Å². The van der Waals surface area contributed by atoms with Crippen molar-refractivity contribution < 1.29 is 14.3 Å². The van der Waals surface area contributed by atoms with E-state index in [-0.39, 0.29) is 18.4 Å². The lowest BCUT2D eigenvalue weighted by molar-refractivity contribution is -0.121. The van der Waals surface area contributed by atoms with Crippen LogP contribution in [0, 0.1) is 0 Å². The molecule has 21 heavy (non-hydrogen) atoms. The van der Waals surface area contributed by atoms with Crippen molar-refractivity contribution >= 4 is 29.1 Å². The molecule has 0 radical (unpaired) electrons. The minimum atomic E-state index is -0.183. The third kappa shape index (κ3) is 8.29. The summed E-state index contributed by atoms with van der Waals surface area (Å²) in [6.07, 6.45) is 0.314. The number of halogens is 1. The van der Waals surface area contributed by atoms with Gasteiger partial charge in [0.1, 0.15) is 0 Å². The molecule has 0 saturated carbocycles. The third-order valence-corrected chi connectivity index (χ3v) is 2.79. The molecular weight excluding hydrogens is 294 g/mol. The van der Waals surface area contributed by atoms with Gasteiger partial charge in [-0.25, -0.2) is 0 Å². The van der Waals surface area contributed by atoms with Gasteiger partial charge in [-0.3, -0.25) is 9.59 Å². The monoisotopic (exact) mass is 313 g/mol. The molecule has 0 aromatic heterocycles. The average Bonchev–Trinajstić information content (AvgIpc) is 2.44. The van der Waals surface area contributed by atoms with Crippen LogP contribution < -0.4 is 16.0 Å². The molecule has 0 bridgehead atoms. The number of anilines is 1. The van der Waals surface area contributed by atoms with Gasteiger partial charge in [0.05, 0.1) is 13.2 Å². The summed E-state index contributed by atoms with van der Waals surface area (Å²) in [6, 6.07) is 6.92. The zero-order valence-corrected chi connectivity index (χ0v) is 12.7. The fourth-order valence-corrected chi connectivity index (χ4v) is 1.75. The van der Waals surface area contributed by atoms with E-state index in [1.165, 1.54) is 0 Å². The Hall–Kier alpha value is -1.63. The zero-order chi connectivity index (χ0) is 15.5. The molecule has 1 aromatic rings. The van der Waals surface area contributed by atoms with Crippen LogP contribution in [0.15, 0.2) is 24.3 Å². The molecule has 0 spiro atoms. The van der Waals surface area contributed by atoms with Crippen LogP contribution in [0.1, 0.15) is 6.42 Å². The highest BCUT2D eigenvalue weighted by Crippen LogP contribution is 2.14. The highest BCUT2D eigenvalue weighted by atomic mass is 35.5. The van der Waals surface area contributed by atoms with Crippen molar-refractivity contribution in [2.24, 2.45) is 0 Å². The minimum Gasteiger partial charge on any atom is -0.383 e. The number of carbonyl (C=O) groups is 2. The lowest BCUT2D eigenvalue weighted by Crippen LogP contribution is -2.33. The second-order valence-corrected chi connectivity index (χ2v) is 4.76. The number of methoxy groups -OCH3 is 1. The smallest absolute Gasteiger partial charge is 0.238 e. The summed E-state index contributed by atoms with van der Waals surface area (Å²) in [6.45, 7) is 1.55. The molecule has 0 saturated heterocycles. The molecule has 2 amide bonds. The number of ether oxygens (including phenoxy) is 1. The van der Waals surface area contributed by atoms with Gasteiger partial charge in [0.2, 0.25) is 11.8 Å². The van der Waals surface area contributed by atoms with Crippen LogP contribution in [0.5, 0.6) is 0 Å². The maximum absolute atomic E-state index is 11.6. The molecule has 0 unspecified atom stereocenters. The lowest BCUT2D eigenvalue weighted by atomic mass is 10.3. The SMILES string of the molecule is COCCNC(=O)CCNCC(=O)Nc1cccc(Cl)c1. The standard InChI is InChI=1S/C14H20ClN3O3/c1-21-8-7-17-13(19)5-6-16-10-14(20)18-12-4-2-3-11(15)9-12/h2-4,9,16H,5-8,10H2,1H3,(H,17,19)(H,18,20). The van der Waals surface area contributed by atoms with Crippen LogP contribution in [-0.4, -0.2) is 45.2 Å². The van der Waals surface area contributed by atoms with Crippen LogP contribution >= 0.6 is 11.6 Å². The summed E-state index contributed by atoms with van der Waals surface area (Å²) in [5.41, 5.74) is 0.645. The number of hydrogen-bond donors (Lipinski definition) is 3. The molecule has 0 aliphatic heterocycles. The summed E-state index contributed by atoms with van der Waals surface area (Å²) < 4.78 is 4.82. The Balaban J connectivity index is 2.12. The number of amides is 2. The van der Waals surface area contributed by atoms with Crippen LogP contribution in [0.25, 0.3) is 0 Å². The van der Waals surface area contributed by atoms with E-state index in [0.717, 1.165) is 0 Å². The number of hydrogen-bond acceptors (Lipinski definition) is 4. The summed E-state index contributed by atoms with van der Waals surface area (Å²) in [5.74, 6) is -0.258. The van der Waals surface area contributed by atoms with Crippen molar-refractivity contribution in [2.75, 3.05) is 38.7 Å². The van der Waals surface area contributed by atoms with Gasteiger partial charge in [0, 0.05) is 37.3 Å². The van der Waals surface area contributed by atoms with Crippen molar-refractivity contribution in [1.29, 1.82) is 0 Å². The third-order valence-electron chi connectivity index (χ3n) is 2.55. The van der Waals surface area contributed by atoms with Crippen molar-refractivity contribution in [1.82, 2.24) is 10.6 Å². The highest BCUT2D eigenvalue weighted by molar-refractivity contribution is 6.30. The molecule has 0 aliphatic carbocycles. The van der Waals surface area contributed by atoms with Crippen LogP contribution in [-0.2, 0) is 14.3 Å². The Bertz CT molecular complexity index is 469. The fourth-order valence-electron chi connectivity index (χ4n) is 1.56. The van der Waals surface area contributed by atoms with Crippen LogP contribution in [0.2, 0.25) is 5.02 Å². The second kappa shape index (κ2) is 10.1. The number of benzene rings is 1. The Morgan fingerprint density at radius 1 is 1.24 bits per heavy atom. The molecule has 3 N–H and O–H groups in total. The van der Waals surface area contributed by atoms with Gasteiger partial charge >= 0.3 is 0 Å². The quantitative estimate of drug-likeness (QED) is 0.595. The molecule has 7 heteroatoms. The lowest BCUT2D eigenvalue weighted by Gasteiger charge is -2.07. The second-order valence-electron chi connectivity index (χ2n) is 4.33. The Morgan fingerprint density at radius 3 is 2.76 bits per heavy atom. The molecule has 0 aliphatic rings. The normalized spacial score (nSPS) is 10.2. The van der Waals surface area contributed by atoms with Gasteiger partial charge in [-0.15, -0.1) is 0 Å². The Labute approximate surface area is 129 Å². The van der Waals surface area contributed by atoms with E-state index in [1.807, 2.05) is 0 Å². The minimum absolute atomic E-state index is 0.0743. The van der Waals surface area contributed by atoms with Gasteiger partial charge < -0.3 is 20.7 Å².